The number of rotatable bonds is 3. The Bertz CT molecular complexity index is 506. The van der Waals surface area contributed by atoms with Gasteiger partial charge in [-0.25, -0.2) is 0 Å². The van der Waals surface area contributed by atoms with Gasteiger partial charge in [0.1, 0.15) is 6.29 Å². The van der Waals surface area contributed by atoms with E-state index in [1.54, 1.807) is 0 Å². The van der Waals surface area contributed by atoms with Crippen LogP contribution in [0.2, 0.25) is 0 Å². The molecular formula is C14H12OS. The van der Waals surface area contributed by atoms with Crippen molar-refractivity contribution < 1.29 is 4.79 Å². The zero-order valence-corrected chi connectivity index (χ0v) is 9.67. The lowest BCUT2D eigenvalue weighted by molar-refractivity contribution is 0.112. The molecule has 1 aromatic carbocycles. The monoisotopic (exact) mass is 228 g/mol. The van der Waals surface area contributed by atoms with Crippen LogP contribution in [0.3, 0.4) is 0 Å². The van der Waals surface area contributed by atoms with Crippen molar-refractivity contribution in [1.29, 1.82) is 0 Å². The van der Waals surface area contributed by atoms with Crippen LogP contribution >= 0.6 is 11.3 Å². The highest BCUT2D eigenvalue weighted by Gasteiger charge is 2.27. The molecule has 1 aliphatic rings. The fourth-order valence-electron chi connectivity index (χ4n) is 1.96. The molecular weight excluding hydrogens is 216 g/mol. The molecule has 0 N–H and O–H groups in total. The Morgan fingerprint density at radius 1 is 1.12 bits per heavy atom. The van der Waals surface area contributed by atoms with Crippen molar-refractivity contribution in [2.24, 2.45) is 0 Å². The van der Waals surface area contributed by atoms with Crippen LogP contribution in [0.4, 0.5) is 0 Å². The van der Waals surface area contributed by atoms with Gasteiger partial charge in [0.25, 0.3) is 0 Å². The first-order valence-corrected chi connectivity index (χ1v) is 6.39. The Balaban J connectivity index is 2.00. The van der Waals surface area contributed by atoms with Crippen molar-refractivity contribution in [2.75, 3.05) is 0 Å². The van der Waals surface area contributed by atoms with Crippen LogP contribution in [0.1, 0.15) is 34.0 Å². The van der Waals surface area contributed by atoms with Gasteiger partial charge in [-0.3, -0.25) is 4.79 Å². The molecule has 80 valence electrons. The summed E-state index contributed by atoms with van der Waals surface area (Å²) in [7, 11) is 0. The Morgan fingerprint density at radius 2 is 1.88 bits per heavy atom. The molecule has 0 aliphatic heterocycles. The highest BCUT2D eigenvalue weighted by molar-refractivity contribution is 7.10. The highest BCUT2D eigenvalue weighted by Crippen LogP contribution is 2.47. The topological polar surface area (TPSA) is 17.1 Å². The molecule has 0 saturated heterocycles. The van der Waals surface area contributed by atoms with Crippen molar-refractivity contribution in [3.8, 4) is 11.1 Å². The van der Waals surface area contributed by atoms with E-state index in [1.807, 2.05) is 35.6 Å². The van der Waals surface area contributed by atoms with Gasteiger partial charge >= 0.3 is 0 Å². The van der Waals surface area contributed by atoms with Gasteiger partial charge in [-0.15, -0.1) is 11.3 Å². The average Bonchev–Trinajstić information content (AvgIpc) is 3.07. The molecule has 1 saturated carbocycles. The fraction of sp³-hybridized carbons (Fsp3) is 0.214. The van der Waals surface area contributed by atoms with Gasteiger partial charge in [0.15, 0.2) is 0 Å². The van der Waals surface area contributed by atoms with E-state index in [1.165, 1.54) is 28.8 Å². The van der Waals surface area contributed by atoms with Crippen molar-refractivity contribution in [2.45, 2.75) is 18.8 Å². The number of hydrogen-bond donors (Lipinski definition) is 0. The lowest BCUT2D eigenvalue weighted by Gasteiger charge is -2.02. The van der Waals surface area contributed by atoms with Crippen LogP contribution in [-0.4, -0.2) is 6.29 Å². The first-order chi connectivity index (χ1) is 7.88. The molecule has 1 aromatic heterocycles. The van der Waals surface area contributed by atoms with Gasteiger partial charge in [0.05, 0.1) is 0 Å². The van der Waals surface area contributed by atoms with E-state index in [0.717, 1.165) is 17.8 Å². The summed E-state index contributed by atoms with van der Waals surface area (Å²) in [5.41, 5.74) is 3.32. The van der Waals surface area contributed by atoms with Crippen LogP contribution in [0, 0.1) is 0 Å². The predicted molar refractivity (Wildman–Crippen MR) is 67.1 cm³/mol. The van der Waals surface area contributed by atoms with Crippen molar-refractivity contribution in [1.82, 2.24) is 0 Å². The van der Waals surface area contributed by atoms with Crippen molar-refractivity contribution >= 4 is 17.6 Å². The highest BCUT2D eigenvalue weighted by atomic mass is 32.1. The van der Waals surface area contributed by atoms with E-state index in [0.29, 0.717) is 0 Å². The van der Waals surface area contributed by atoms with Crippen LogP contribution in [-0.2, 0) is 0 Å². The lowest BCUT2D eigenvalue weighted by atomic mass is 10.0. The molecule has 0 amide bonds. The molecule has 2 aromatic rings. The summed E-state index contributed by atoms with van der Waals surface area (Å²) in [6, 6.07) is 10.0. The van der Waals surface area contributed by atoms with E-state index in [9.17, 15) is 4.79 Å². The predicted octanol–water partition coefficient (Wildman–Crippen LogP) is 4.11. The maximum atomic E-state index is 10.6. The molecule has 3 rings (SSSR count). The molecule has 0 unspecified atom stereocenters. The van der Waals surface area contributed by atoms with E-state index in [4.69, 9.17) is 0 Å². The summed E-state index contributed by atoms with van der Waals surface area (Å²) >= 11 is 1.86. The smallest absolute Gasteiger partial charge is 0.150 e. The summed E-state index contributed by atoms with van der Waals surface area (Å²) in [5, 5.41) is 2.16. The summed E-state index contributed by atoms with van der Waals surface area (Å²) in [4.78, 5) is 12.1. The standard InChI is InChI=1S/C14H12OS/c15-9-10-1-3-11(4-2-10)13-7-8-16-14(13)12-5-6-12/h1-4,7-9,12H,5-6H2. The van der Waals surface area contributed by atoms with Gasteiger partial charge in [0, 0.05) is 10.4 Å². The molecule has 0 spiro atoms. The average molecular weight is 228 g/mol. The maximum absolute atomic E-state index is 10.6. The Hall–Kier alpha value is -1.41. The van der Waals surface area contributed by atoms with Crippen molar-refractivity contribution in [3.05, 3.63) is 46.2 Å². The third-order valence-electron chi connectivity index (χ3n) is 3.00. The number of carbonyl (C=O) groups is 1. The van der Waals surface area contributed by atoms with E-state index < -0.39 is 0 Å². The molecule has 1 nitrogen and oxygen atoms in total. The maximum Gasteiger partial charge on any atom is 0.150 e. The van der Waals surface area contributed by atoms with Crippen LogP contribution < -0.4 is 0 Å². The Labute approximate surface area is 98.7 Å². The number of aldehydes is 1. The van der Waals surface area contributed by atoms with Crippen LogP contribution in [0.15, 0.2) is 35.7 Å². The zero-order chi connectivity index (χ0) is 11.0. The molecule has 0 bridgehead atoms. The van der Waals surface area contributed by atoms with Gasteiger partial charge in [-0.1, -0.05) is 24.3 Å². The number of hydrogen-bond acceptors (Lipinski definition) is 2. The molecule has 0 atom stereocenters. The quantitative estimate of drug-likeness (QED) is 0.723. The summed E-state index contributed by atoms with van der Waals surface area (Å²) in [5.74, 6) is 0.792. The third-order valence-corrected chi connectivity index (χ3v) is 4.08. The first kappa shape index (κ1) is 9.79. The first-order valence-electron chi connectivity index (χ1n) is 5.51. The SMILES string of the molecule is O=Cc1ccc(-c2ccsc2C2CC2)cc1. The van der Waals surface area contributed by atoms with Gasteiger partial charge in [-0.05, 0) is 41.3 Å². The summed E-state index contributed by atoms with van der Waals surface area (Å²) < 4.78 is 0. The summed E-state index contributed by atoms with van der Waals surface area (Å²) in [6.07, 6.45) is 3.55. The molecule has 2 heteroatoms. The van der Waals surface area contributed by atoms with Gasteiger partial charge in [-0.2, -0.15) is 0 Å². The van der Waals surface area contributed by atoms with Crippen LogP contribution in [0.25, 0.3) is 11.1 Å². The molecule has 1 aliphatic carbocycles. The summed E-state index contributed by atoms with van der Waals surface area (Å²) in [6.45, 7) is 0. The second kappa shape index (κ2) is 3.87. The fourth-order valence-corrected chi connectivity index (χ4v) is 3.05. The van der Waals surface area contributed by atoms with Crippen LogP contribution in [0.5, 0.6) is 0 Å². The van der Waals surface area contributed by atoms with Gasteiger partial charge < -0.3 is 0 Å². The van der Waals surface area contributed by atoms with Crippen molar-refractivity contribution in [3.63, 3.8) is 0 Å². The number of benzene rings is 1. The number of thiophene rings is 1. The number of carbonyl (C=O) groups excluding carboxylic acids is 1. The minimum Gasteiger partial charge on any atom is -0.298 e. The molecule has 16 heavy (non-hydrogen) atoms. The van der Waals surface area contributed by atoms with E-state index in [-0.39, 0.29) is 0 Å². The lowest BCUT2D eigenvalue weighted by Crippen LogP contribution is -1.82. The third kappa shape index (κ3) is 1.69. The molecule has 1 heterocycles. The minimum atomic E-state index is 0.743. The van der Waals surface area contributed by atoms with E-state index >= 15 is 0 Å². The Morgan fingerprint density at radius 3 is 2.50 bits per heavy atom. The zero-order valence-electron chi connectivity index (χ0n) is 8.85. The minimum absolute atomic E-state index is 0.743. The second-order valence-corrected chi connectivity index (χ2v) is 5.16. The molecule has 1 fully saturated rings. The second-order valence-electron chi connectivity index (χ2n) is 4.21. The van der Waals surface area contributed by atoms with E-state index in [2.05, 4.69) is 11.4 Å². The largest absolute Gasteiger partial charge is 0.298 e. The normalized spacial score (nSPS) is 15.0. The Kier molecular flexibility index (Phi) is 2.37. The molecule has 0 radical (unpaired) electrons. The van der Waals surface area contributed by atoms with Gasteiger partial charge in [0.2, 0.25) is 0 Å².